The molecule has 0 spiro atoms. The van der Waals surface area contributed by atoms with Gasteiger partial charge in [-0.25, -0.2) is 0 Å². The molecule has 1 heterocycles. The Morgan fingerprint density at radius 3 is 2.95 bits per heavy atom. The molecule has 1 fully saturated rings. The van der Waals surface area contributed by atoms with Crippen LogP contribution in [0.25, 0.3) is 0 Å². The van der Waals surface area contributed by atoms with Crippen molar-refractivity contribution in [3.8, 4) is 0 Å². The van der Waals surface area contributed by atoms with Crippen LogP contribution in [-0.4, -0.2) is 43.5 Å². The topological polar surface area (TPSA) is 44.4 Å². The number of amides is 1. The number of nitrogens with one attached hydrogen (secondary N) is 2. The van der Waals surface area contributed by atoms with Crippen molar-refractivity contribution in [2.45, 2.75) is 38.4 Å². The average molecular weight is 275 g/mol. The number of carbonyl (C=O) groups is 1. The van der Waals surface area contributed by atoms with Gasteiger partial charge in [0.15, 0.2) is 0 Å². The van der Waals surface area contributed by atoms with Crippen molar-refractivity contribution in [2.75, 3.05) is 20.6 Å². The second-order valence-corrected chi connectivity index (χ2v) is 5.99. The number of hydrogen-bond donors (Lipinski definition) is 2. The van der Waals surface area contributed by atoms with Gasteiger partial charge in [-0.15, -0.1) is 0 Å². The maximum absolute atomic E-state index is 12.3. The Bertz CT molecular complexity index is 459. The molecular weight excluding hydrogens is 250 g/mol. The van der Waals surface area contributed by atoms with Gasteiger partial charge >= 0.3 is 0 Å². The molecule has 1 aliphatic heterocycles. The van der Waals surface area contributed by atoms with Gasteiger partial charge in [-0.2, -0.15) is 0 Å². The number of benzene rings is 1. The van der Waals surface area contributed by atoms with Crippen LogP contribution in [0.1, 0.15) is 35.7 Å². The van der Waals surface area contributed by atoms with Crippen LogP contribution in [0, 0.1) is 0 Å². The first kappa shape index (κ1) is 15.0. The van der Waals surface area contributed by atoms with E-state index in [2.05, 4.69) is 28.5 Å². The Labute approximate surface area is 121 Å². The molecule has 0 bridgehead atoms. The molecule has 4 heteroatoms. The predicted octanol–water partition coefficient (Wildman–Crippen LogP) is 1.62. The highest BCUT2D eigenvalue weighted by Crippen LogP contribution is 2.11. The summed E-state index contributed by atoms with van der Waals surface area (Å²) < 4.78 is 0. The van der Waals surface area contributed by atoms with E-state index in [0.717, 1.165) is 31.5 Å². The van der Waals surface area contributed by atoms with E-state index < -0.39 is 0 Å². The molecule has 20 heavy (non-hydrogen) atoms. The van der Waals surface area contributed by atoms with Crippen molar-refractivity contribution in [3.05, 3.63) is 35.4 Å². The molecule has 2 rings (SSSR count). The van der Waals surface area contributed by atoms with Gasteiger partial charge in [-0.05, 0) is 58.1 Å². The van der Waals surface area contributed by atoms with Crippen LogP contribution in [0.4, 0.5) is 0 Å². The van der Waals surface area contributed by atoms with Crippen LogP contribution in [0.15, 0.2) is 24.3 Å². The van der Waals surface area contributed by atoms with Crippen LogP contribution in [0.5, 0.6) is 0 Å². The van der Waals surface area contributed by atoms with Gasteiger partial charge in [0.05, 0.1) is 0 Å². The van der Waals surface area contributed by atoms with Crippen molar-refractivity contribution in [2.24, 2.45) is 0 Å². The Morgan fingerprint density at radius 1 is 1.45 bits per heavy atom. The number of piperidine rings is 1. The molecule has 0 aliphatic carbocycles. The zero-order valence-electron chi connectivity index (χ0n) is 12.6. The minimum atomic E-state index is 0.0460. The van der Waals surface area contributed by atoms with E-state index in [-0.39, 0.29) is 11.9 Å². The minimum absolute atomic E-state index is 0.0460. The SMILES string of the molecule is CC1CC(NC(=O)c2cccc(CN(C)C)c2)CCN1. The first-order valence-electron chi connectivity index (χ1n) is 7.32. The second kappa shape index (κ2) is 6.86. The molecule has 0 aromatic heterocycles. The molecule has 2 atom stereocenters. The van der Waals surface area contributed by atoms with Crippen LogP contribution >= 0.6 is 0 Å². The van der Waals surface area contributed by atoms with E-state index in [0.29, 0.717) is 6.04 Å². The maximum Gasteiger partial charge on any atom is 0.251 e. The first-order chi connectivity index (χ1) is 9.54. The van der Waals surface area contributed by atoms with Crippen molar-refractivity contribution < 1.29 is 4.79 Å². The molecule has 2 unspecified atom stereocenters. The van der Waals surface area contributed by atoms with Gasteiger partial charge < -0.3 is 15.5 Å². The van der Waals surface area contributed by atoms with E-state index in [4.69, 9.17) is 0 Å². The highest BCUT2D eigenvalue weighted by molar-refractivity contribution is 5.94. The van der Waals surface area contributed by atoms with Gasteiger partial charge in [-0.1, -0.05) is 12.1 Å². The van der Waals surface area contributed by atoms with Crippen molar-refractivity contribution in [3.63, 3.8) is 0 Å². The Morgan fingerprint density at radius 2 is 2.25 bits per heavy atom. The second-order valence-electron chi connectivity index (χ2n) is 5.99. The number of rotatable bonds is 4. The molecule has 1 aromatic carbocycles. The third-order valence-electron chi connectivity index (χ3n) is 3.65. The summed E-state index contributed by atoms with van der Waals surface area (Å²) in [6, 6.07) is 8.66. The molecule has 1 amide bonds. The summed E-state index contributed by atoms with van der Waals surface area (Å²) in [5.41, 5.74) is 1.93. The molecule has 4 nitrogen and oxygen atoms in total. The smallest absolute Gasteiger partial charge is 0.251 e. The van der Waals surface area contributed by atoms with Crippen molar-refractivity contribution in [1.29, 1.82) is 0 Å². The molecule has 0 saturated carbocycles. The van der Waals surface area contributed by atoms with Crippen LogP contribution < -0.4 is 10.6 Å². The predicted molar refractivity (Wildman–Crippen MR) is 81.8 cm³/mol. The molecular formula is C16H25N3O. The summed E-state index contributed by atoms with van der Waals surface area (Å²) in [6.07, 6.45) is 2.01. The molecule has 1 aromatic rings. The Kier molecular flexibility index (Phi) is 5.15. The third kappa shape index (κ3) is 4.32. The summed E-state index contributed by atoms with van der Waals surface area (Å²) in [6.45, 7) is 3.99. The fourth-order valence-corrected chi connectivity index (χ4v) is 2.71. The van der Waals surface area contributed by atoms with E-state index in [1.165, 1.54) is 5.56 Å². The molecule has 0 radical (unpaired) electrons. The van der Waals surface area contributed by atoms with Gasteiger partial charge in [-0.3, -0.25) is 4.79 Å². The quantitative estimate of drug-likeness (QED) is 0.877. The molecule has 1 aliphatic rings. The van der Waals surface area contributed by atoms with E-state index >= 15 is 0 Å². The first-order valence-corrected chi connectivity index (χ1v) is 7.32. The van der Waals surface area contributed by atoms with Gasteiger partial charge in [0, 0.05) is 24.2 Å². The van der Waals surface area contributed by atoms with Gasteiger partial charge in [0.1, 0.15) is 0 Å². The van der Waals surface area contributed by atoms with Crippen LogP contribution in [0.3, 0.4) is 0 Å². The standard InChI is InChI=1S/C16H25N3O/c1-12-9-15(7-8-17-12)18-16(20)14-6-4-5-13(10-14)11-19(2)3/h4-6,10,12,15,17H,7-9,11H2,1-3H3,(H,18,20). The lowest BCUT2D eigenvalue weighted by molar-refractivity contribution is 0.0925. The fourth-order valence-electron chi connectivity index (χ4n) is 2.71. The molecule has 2 N–H and O–H groups in total. The largest absolute Gasteiger partial charge is 0.349 e. The summed E-state index contributed by atoms with van der Waals surface area (Å²) in [5.74, 6) is 0.0460. The molecule has 110 valence electrons. The van der Waals surface area contributed by atoms with Crippen molar-refractivity contribution in [1.82, 2.24) is 15.5 Å². The number of nitrogens with zero attached hydrogens (tertiary/aromatic N) is 1. The third-order valence-corrected chi connectivity index (χ3v) is 3.65. The zero-order chi connectivity index (χ0) is 14.5. The normalized spacial score (nSPS) is 22.8. The van der Waals surface area contributed by atoms with E-state index in [1.54, 1.807) is 0 Å². The Balaban J connectivity index is 1.98. The monoisotopic (exact) mass is 275 g/mol. The fraction of sp³-hybridized carbons (Fsp3) is 0.562. The summed E-state index contributed by atoms with van der Waals surface area (Å²) in [5, 5.41) is 6.55. The summed E-state index contributed by atoms with van der Waals surface area (Å²) in [7, 11) is 4.06. The van der Waals surface area contributed by atoms with E-state index in [9.17, 15) is 4.79 Å². The summed E-state index contributed by atoms with van der Waals surface area (Å²) in [4.78, 5) is 14.4. The number of carbonyl (C=O) groups excluding carboxylic acids is 1. The van der Waals surface area contributed by atoms with Crippen LogP contribution in [0.2, 0.25) is 0 Å². The lowest BCUT2D eigenvalue weighted by atomic mass is 10.00. The lowest BCUT2D eigenvalue weighted by Gasteiger charge is -2.28. The average Bonchev–Trinajstić information content (AvgIpc) is 2.38. The Hall–Kier alpha value is -1.39. The highest BCUT2D eigenvalue weighted by Gasteiger charge is 2.20. The highest BCUT2D eigenvalue weighted by atomic mass is 16.1. The van der Waals surface area contributed by atoms with Gasteiger partial charge in [0.2, 0.25) is 0 Å². The van der Waals surface area contributed by atoms with Crippen LogP contribution in [-0.2, 0) is 6.54 Å². The van der Waals surface area contributed by atoms with E-state index in [1.807, 2.05) is 32.3 Å². The minimum Gasteiger partial charge on any atom is -0.349 e. The van der Waals surface area contributed by atoms with Gasteiger partial charge in [0.25, 0.3) is 5.91 Å². The zero-order valence-corrected chi connectivity index (χ0v) is 12.6. The maximum atomic E-state index is 12.3. The summed E-state index contributed by atoms with van der Waals surface area (Å²) >= 11 is 0. The molecule has 1 saturated heterocycles. The lowest BCUT2D eigenvalue weighted by Crippen LogP contribution is -2.46. The van der Waals surface area contributed by atoms with Crippen molar-refractivity contribution >= 4 is 5.91 Å². The number of hydrogen-bond acceptors (Lipinski definition) is 3.